The number of rotatable bonds is 8. The summed E-state index contributed by atoms with van der Waals surface area (Å²) < 4.78 is 19.1. The van der Waals surface area contributed by atoms with E-state index < -0.39 is 11.9 Å². The van der Waals surface area contributed by atoms with Gasteiger partial charge in [-0.3, -0.25) is 14.6 Å². The first-order valence-corrected chi connectivity index (χ1v) is 9.13. The third kappa shape index (κ3) is 5.23. The summed E-state index contributed by atoms with van der Waals surface area (Å²) >= 11 is 0. The molecule has 0 aliphatic rings. The highest BCUT2D eigenvalue weighted by Gasteiger charge is 2.12. The van der Waals surface area contributed by atoms with Gasteiger partial charge in [0.2, 0.25) is 11.8 Å². The van der Waals surface area contributed by atoms with Crippen molar-refractivity contribution < 1.29 is 18.8 Å². The van der Waals surface area contributed by atoms with E-state index in [4.69, 9.17) is 9.57 Å². The minimum absolute atomic E-state index is 0.0435. The van der Waals surface area contributed by atoms with Crippen LogP contribution in [0.3, 0.4) is 0 Å². The van der Waals surface area contributed by atoms with Crippen LogP contribution >= 0.6 is 0 Å². The van der Waals surface area contributed by atoms with Gasteiger partial charge in [0, 0.05) is 37.5 Å². The van der Waals surface area contributed by atoms with Gasteiger partial charge in [-0.05, 0) is 19.1 Å². The average Bonchev–Trinajstić information content (AvgIpc) is 2.75. The number of aromatic nitrogens is 4. The van der Waals surface area contributed by atoms with Gasteiger partial charge in [0.05, 0.1) is 36.6 Å². The summed E-state index contributed by atoms with van der Waals surface area (Å²) in [6.45, 7) is 2.19. The number of carbonyl (C=O) groups is 1. The summed E-state index contributed by atoms with van der Waals surface area (Å²) in [6, 6.07) is 5.07. The Kier molecular flexibility index (Phi) is 6.81. The van der Waals surface area contributed by atoms with Gasteiger partial charge in [0.15, 0.2) is 0 Å². The first-order chi connectivity index (χ1) is 14.5. The molecule has 9 nitrogen and oxygen atoms in total. The quantitative estimate of drug-likeness (QED) is 0.445. The summed E-state index contributed by atoms with van der Waals surface area (Å²) in [6.07, 6.45) is 5.82. The lowest BCUT2D eigenvalue weighted by molar-refractivity contribution is 0.0217. The molecule has 0 saturated heterocycles. The second kappa shape index (κ2) is 9.70. The topological polar surface area (TPSA) is 102 Å². The molecule has 3 rings (SSSR count). The molecule has 0 radical (unpaired) electrons. The van der Waals surface area contributed by atoms with E-state index in [0.29, 0.717) is 29.4 Å². The van der Waals surface area contributed by atoms with E-state index in [1.165, 1.54) is 18.6 Å². The van der Waals surface area contributed by atoms with Gasteiger partial charge in [0.25, 0.3) is 5.91 Å². The number of halogens is 1. The average molecular weight is 412 g/mol. The minimum Gasteiger partial charge on any atom is -0.478 e. The molecule has 3 aromatic rings. The number of anilines is 1. The number of hydrogen-bond acceptors (Lipinski definition) is 8. The molecule has 0 aromatic carbocycles. The predicted octanol–water partition coefficient (Wildman–Crippen LogP) is 2.40. The molecule has 0 aliphatic heterocycles. The fourth-order valence-corrected chi connectivity index (χ4v) is 2.44. The number of hydrogen-bond donors (Lipinski definition) is 1. The van der Waals surface area contributed by atoms with Crippen LogP contribution in [0.1, 0.15) is 23.0 Å². The molecule has 30 heavy (non-hydrogen) atoms. The van der Waals surface area contributed by atoms with Gasteiger partial charge in [-0.15, -0.1) is 0 Å². The first kappa shape index (κ1) is 21.1. The summed E-state index contributed by atoms with van der Waals surface area (Å²) in [5.41, 5.74) is 4.35. The molecule has 3 heterocycles. The normalized spacial score (nSPS) is 10.5. The lowest BCUT2D eigenvalue weighted by atomic mass is 10.2. The van der Waals surface area contributed by atoms with Crippen LogP contribution in [0.25, 0.3) is 11.3 Å². The number of carbonyl (C=O) groups excluding carboxylic acids is 1. The van der Waals surface area contributed by atoms with Crippen LogP contribution in [0.15, 0.2) is 43.0 Å². The van der Waals surface area contributed by atoms with Crippen molar-refractivity contribution in [3.63, 3.8) is 0 Å². The van der Waals surface area contributed by atoms with Gasteiger partial charge in [-0.1, -0.05) is 0 Å². The molecule has 0 saturated carbocycles. The van der Waals surface area contributed by atoms with Crippen LogP contribution in [0.5, 0.6) is 5.88 Å². The van der Waals surface area contributed by atoms with Crippen LogP contribution in [-0.2, 0) is 11.4 Å². The molecule has 0 atom stereocenters. The molecule has 156 valence electrons. The zero-order valence-electron chi connectivity index (χ0n) is 16.8. The van der Waals surface area contributed by atoms with Crippen molar-refractivity contribution in [2.75, 3.05) is 25.6 Å². The molecule has 0 bridgehead atoms. The largest absolute Gasteiger partial charge is 0.478 e. The number of pyridine rings is 2. The van der Waals surface area contributed by atoms with Gasteiger partial charge < -0.3 is 9.64 Å². The summed E-state index contributed by atoms with van der Waals surface area (Å²) in [7, 11) is 3.62. The minimum atomic E-state index is -0.667. The summed E-state index contributed by atoms with van der Waals surface area (Å²) in [5.74, 6) is -0.781. The highest BCUT2D eigenvalue weighted by Crippen LogP contribution is 2.18. The van der Waals surface area contributed by atoms with Crippen LogP contribution in [-0.4, -0.2) is 46.5 Å². The van der Waals surface area contributed by atoms with E-state index in [-0.39, 0.29) is 17.9 Å². The summed E-state index contributed by atoms with van der Waals surface area (Å²) in [4.78, 5) is 35.4. The predicted molar refractivity (Wildman–Crippen MR) is 107 cm³/mol. The number of nitrogens with zero attached hydrogens (tertiary/aromatic N) is 5. The Morgan fingerprint density at radius 1 is 1.17 bits per heavy atom. The van der Waals surface area contributed by atoms with Crippen molar-refractivity contribution in [3.05, 3.63) is 60.2 Å². The molecule has 10 heteroatoms. The zero-order valence-corrected chi connectivity index (χ0v) is 16.8. The van der Waals surface area contributed by atoms with Crippen molar-refractivity contribution in [1.29, 1.82) is 0 Å². The number of ether oxygens (including phenoxy) is 1. The Morgan fingerprint density at radius 3 is 2.70 bits per heavy atom. The van der Waals surface area contributed by atoms with Crippen LogP contribution < -0.4 is 15.1 Å². The lowest BCUT2D eigenvalue weighted by Crippen LogP contribution is -2.25. The van der Waals surface area contributed by atoms with Crippen LogP contribution in [0, 0.1) is 5.95 Å². The third-order valence-corrected chi connectivity index (χ3v) is 4.00. The highest BCUT2D eigenvalue weighted by molar-refractivity contribution is 5.91. The Morgan fingerprint density at radius 2 is 2.00 bits per heavy atom. The molecule has 0 spiro atoms. The third-order valence-electron chi connectivity index (χ3n) is 4.00. The second-order valence-electron chi connectivity index (χ2n) is 6.37. The molecule has 0 fully saturated rings. The molecule has 1 amide bonds. The van der Waals surface area contributed by atoms with Gasteiger partial charge >= 0.3 is 0 Å². The lowest BCUT2D eigenvalue weighted by Gasteiger charge is -2.13. The van der Waals surface area contributed by atoms with Crippen molar-refractivity contribution in [1.82, 2.24) is 25.4 Å². The summed E-state index contributed by atoms with van der Waals surface area (Å²) in [5, 5.41) is 0. The molecule has 3 aromatic heterocycles. The fraction of sp³-hybridized carbons (Fsp3) is 0.250. The monoisotopic (exact) mass is 412 g/mol. The SMILES string of the molecule is CCOc1ccc(-c2cncc(C(=O)NOCc3cc(N(C)C)cnc3F)n2)cn1. The fourth-order valence-electron chi connectivity index (χ4n) is 2.44. The maximum atomic E-state index is 13.8. The Labute approximate surface area is 172 Å². The first-order valence-electron chi connectivity index (χ1n) is 9.13. The molecule has 1 N–H and O–H groups in total. The van der Waals surface area contributed by atoms with Crippen molar-refractivity contribution in [2.45, 2.75) is 13.5 Å². The maximum absolute atomic E-state index is 13.8. The van der Waals surface area contributed by atoms with Crippen molar-refractivity contribution in [3.8, 4) is 17.1 Å². The van der Waals surface area contributed by atoms with E-state index in [0.717, 1.165) is 0 Å². The molecular formula is C20H21FN6O3. The Hall–Kier alpha value is -3.66. The van der Waals surface area contributed by atoms with E-state index >= 15 is 0 Å². The standard InChI is InChI=1S/C20H21FN6O3/c1-4-29-18-6-5-13(8-23-18)16-10-22-11-17(25-16)20(28)26-30-12-14-7-15(27(2)3)9-24-19(14)21/h5-11H,4,12H2,1-3H3,(H,26,28). The van der Waals surface area contributed by atoms with Crippen molar-refractivity contribution in [2.24, 2.45) is 0 Å². The van der Waals surface area contributed by atoms with Crippen LogP contribution in [0.4, 0.5) is 10.1 Å². The Balaban J connectivity index is 1.64. The zero-order chi connectivity index (χ0) is 21.5. The van der Waals surface area contributed by atoms with E-state index in [9.17, 15) is 9.18 Å². The van der Waals surface area contributed by atoms with E-state index in [1.54, 1.807) is 29.3 Å². The number of amides is 1. The van der Waals surface area contributed by atoms with Gasteiger partial charge in [0.1, 0.15) is 12.3 Å². The highest BCUT2D eigenvalue weighted by atomic mass is 19.1. The second-order valence-corrected chi connectivity index (χ2v) is 6.37. The van der Waals surface area contributed by atoms with Gasteiger partial charge in [-0.25, -0.2) is 20.4 Å². The van der Waals surface area contributed by atoms with Crippen molar-refractivity contribution >= 4 is 11.6 Å². The molecular weight excluding hydrogens is 391 g/mol. The number of hydroxylamine groups is 1. The smallest absolute Gasteiger partial charge is 0.295 e. The Bertz CT molecular complexity index is 1010. The van der Waals surface area contributed by atoms with E-state index in [2.05, 4.69) is 25.4 Å². The van der Waals surface area contributed by atoms with Crippen LogP contribution in [0.2, 0.25) is 0 Å². The number of nitrogens with one attached hydrogen (secondary N) is 1. The maximum Gasteiger partial charge on any atom is 0.295 e. The van der Waals surface area contributed by atoms with Gasteiger partial charge in [-0.2, -0.15) is 4.39 Å². The molecule has 0 aliphatic carbocycles. The molecule has 0 unspecified atom stereocenters. The van der Waals surface area contributed by atoms with E-state index in [1.807, 2.05) is 21.0 Å².